The number of rotatable bonds is 3. The first-order valence-electron chi connectivity index (χ1n) is 7.55. The number of nitrogens with zero attached hydrogens (tertiary/aromatic N) is 3. The Morgan fingerprint density at radius 3 is 2.90 bits per heavy atom. The molecule has 112 valence electrons. The van der Waals surface area contributed by atoms with Crippen molar-refractivity contribution in [2.75, 3.05) is 0 Å². The van der Waals surface area contributed by atoms with Crippen LogP contribution in [-0.4, -0.2) is 14.3 Å². The van der Waals surface area contributed by atoms with E-state index in [0.29, 0.717) is 6.54 Å². The zero-order chi connectivity index (χ0) is 15.0. The van der Waals surface area contributed by atoms with Crippen LogP contribution in [0.15, 0.2) is 23.0 Å². The summed E-state index contributed by atoms with van der Waals surface area (Å²) in [6.07, 6.45) is 3.06. The summed E-state index contributed by atoms with van der Waals surface area (Å²) in [7, 11) is 0. The zero-order valence-corrected chi connectivity index (χ0v) is 12.7. The van der Waals surface area contributed by atoms with Gasteiger partial charge in [0.2, 0.25) is 0 Å². The monoisotopic (exact) mass is 286 g/mol. The summed E-state index contributed by atoms with van der Waals surface area (Å²) in [5.74, 6) is 0.902. The van der Waals surface area contributed by atoms with Crippen LogP contribution in [0.4, 0.5) is 0 Å². The van der Waals surface area contributed by atoms with E-state index in [1.165, 1.54) is 10.2 Å². The molecule has 0 saturated heterocycles. The van der Waals surface area contributed by atoms with Gasteiger partial charge in [-0.05, 0) is 37.8 Å². The molecular weight excluding hydrogens is 264 g/mol. The first-order chi connectivity index (χ1) is 10.1. The van der Waals surface area contributed by atoms with E-state index in [2.05, 4.69) is 37.1 Å². The van der Waals surface area contributed by atoms with Crippen molar-refractivity contribution >= 4 is 0 Å². The van der Waals surface area contributed by atoms with E-state index in [9.17, 15) is 4.79 Å². The fraction of sp³-hybridized carbons (Fsp3) is 0.500. The van der Waals surface area contributed by atoms with E-state index in [-0.39, 0.29) is 11.7 Å². The number of aryl methyl sites for hydroxylation is 3. The Morgan fingerprint density at radius 1 is 1.33 bits per heavy atom. The fourth-order valence-electron chi connectivity index (χ4n) is 3.01. The van der Waals surface area contributed by atoms with Gasteiger partial charge in [-0.25, -0.2) is 9.48 Å². The van der Waals surface area contributed by atoms with Crippen LogP contribution in [0.5, 0.6) is 0 Å². The highest BCUT2D eigenvalue weighted by Crippen LogP contribution is 2.19. The topological polar surface area (TPSA) is 65.8 Å². The number of hydrogen-bond acceptors (Lipinski definition) is 3. The van der Waals surface area contributed by atoms with Crippen molar-refractivity contribution in [3.05, 3.63) is 51.2 Å². The lowest BCUT2D eigenvalue weighted by molar-refractivity contribution is 0.497. The average Bonchev–Trinajstić information content (AvgIpc) is 2.78. The molecule has 0 radical (unpaired) electrons. The minimum absolute atomic E-state index is 0.0227. The molecule has 0 fully saturated rings. The molecule has 0 saturated carbocycles. The molecule has 2 aromatic rings. The van der Waals surface area contributed by atoms with E-state index in [1.807, 2.05) is 0 Å². The van der Waals surface area contributed by atoms with Gasteiger partial charge in [-0.1, -0.05) is 23.8 Å². The second-order valence-electron chi connectivity index (χ2n) is 5.96. The largest absolute Gasteiger partial charge is 0.345 e. The predicted octanol–water partition coefficient (Wildman–Crippen LogP) is 1.70. The van der Waals surface area contributed by atoms with Crippen LogP contribution < -0.4 is 11.4 Å². The SMILES string of the molecule is Cc1ccc(C)c(C(N)Cn2nc3n(c2=O)CCCC3)c1. The molecule has 0 amide bonds. The second-order valence-corrected chi connectivity index (χ2v) is 5.96. The summed E-state index contributed by atoms with van der Waals surface area (Å²) in [6.45, 7) is 5.32. The van der Waals surface area contributed by atoms with Crippen molar-refractivity contribution in [3.8, 4) is 0 Å². The molecule has 1 atom stereocenters. The lowest BCUT2D eigenvalue weighted by Gasteiger charge is -2.15. The maximum atomic E-state index is 12.3. The number of hydrogen-bond donors (Lipinski definition) is 1. The van der Waals surface area contributed by atoms with Gasteiger partial charge in [-0.15, -0.1) is 0 Å². The van der Waals surface area contributed by atoms with E-state index >= 15 is 0 Å². The van der Waals surface area contributed by atoms with Crippen LogP contribution >= 0.6 is 0 Å². The average molecular weight is 286 g/mol. The van der Waals surface area contributed by atoms with Gasteiger partial charge >= 0.3 is 5.69 Å². The van der Waals surface area contributed by atoms with Gasteiger partial charge in [-0.3, -0.25) is 4.57 Å². The third-order valence-corrected chi connectivity index (χ3v) is 4.24. The highest BCUT2D eigenvalue weighted by molar-refractivity contribution is 5.32. The van der Waals surface area contributed by atoms with Crippen LogP contribution in [0.2, 0.25) is 0 Å². The molecule has 1 aliphatic rings. The van der Waals surface area contributed by atoms with Gasteiger partial charge in [0.15, 0.2) is 0 Å². The van der Waals surface area contributed by atoms with Crippen molar-refractivity contribution in [3.63, 3.8) is 0 Å². The maximum absolute atomic E-state index is 12.3. The van der Waals surface area contributed by atoms with Gasteiger partial charge < -0.3 is 5.73 Å². The molecule has 5 nitrogen and oxygen atoms in total. The number of fused-ring (bicyclic) bond motifs is 1. The smallest absolute Gasteiger partial charge is 0.322 e. The first kappa shape index (κ1) is 14.1. The Morgan fingerprint density at radius 2 is 2.14 bits per heavy atom. The molecule has 2 N–H and O–H groups in total. The molecule has 1 aliphatic heterocycles. The minimum atomic E-state index is -0.209. The van der Waals surface area contributed by atoms with Gasteiger partial charge in [-0.2, -0.15) is 5.10 Å². The minimum Gasteiger partial charge on any atom is -0.322 e. The molecule has 1 unspecified atom stereocenters. The normalized spacial score (nSPS) is 15.8. The van der Waals surface area contributed by atoms with Gasteiger partial charge in [0.05, 0.1) is 6.54 Å². The van der Waals surface area contributed by atoms with Crippen LogP contribution in [0.3, 0.4) is 0 Å². The number of nitrogens with two attached hydrogens (primary N) is 1. The Bertz CT molecular complexity index is 714. The predicted molar refractivity (Wildman–Crippen MR) is 82.3 cm³/mol. The van der Waals surface area contributed by atoms with Crippen LogP contribution in [-0.2, 0) is 19.5 Å². The van der Waals surface area contributed by atoms with Crippen molar-refractivity contribution in [1.29, 1.82) is 0 Å². The summed E-state index contributed by atoms with van der Waals surface area (Å²) in [5, 5.41) is 4.46. The summed E-state index contributed by atoms with van der Waals surface area (Å²) < 4.78 is 3.33. The maximum Gasteiger partial charge on any atom is 0.345 e. The third kappa shape index (κ3) is 2.65. The first-order valence-corrected chi connectivity index (χ1v) is 7.55. The summed E-state index contributed by atoms with van der Waals surface area (Å²) in [6, 6.07) is 6.04. The quantitative estimate of drug-likeness (QED) is 0.934. The standard InChI is InChI=1S/C16H22N4O/c1-11-6-7-12(2)13(9-11)14(17)10-20-16(21)19-8-4-3-5-15(19)18-20/h6-7,9,14H,3-5,8,10,17H2,1-2H3. The van der Waals surface area contributed by atoms with E-state index in [0.717, 1.165) is 42.8 Å². The molecule has 0 bridgehead atoms. The molecule has 21 heavy (non-hydrogen) atoms. The molecule has 5 heteroatoms. The second kappa shape index (κ2) is 5.48. The highest BCUT2D eigenvalue weighted by Gasteiger charge is 2.19. The van der Waals surface area contributed by atoms with Crippen molar-refractivity contribution in [1.82, 2.24) is 14.3 Å². The van der Waals surface area contributed by atoms with Gasteiger partial charge in [0, 0.05) is 19.0 Å². The molecular formula is C16H22N4O. The molecule has 1 aromatic heterocycles. The third-order valence-electron chi connectivity index (χ3n) is 4.24. The molecule has 1 aromatic carbocycles. The highest BCUT2D eigenvalue weighted by atomic mass is 16.2. The Labute approximate surface area is 124 Å². The van der Waals surface area contributed by atoms with Crippen molar-refractivity contribution < 1.29 is 0 Å². The zero-order valence-electron chi connectivity index (χ0n) is 12.7. The Kier molecular flexibility index (Phi) is 3.68. The van der Waals surface area contributed by atoms with Gasteiger partial charge in [0.25, 0.3) is 0 Å². The van der Waals surface area contributed by atoms with Crippen molar-refractivity contribution in [2.24, 2.45) is 5.73 Å². The Balaban J connectivity index is 1.88. The molecule has 2 heterocycles. The molecule has 0 spiro atoms. The lowest BCUT2D eigenvalue weighted by atomic mass is 9.99. The van der Waals surface area contributed by atoms with Crippen molar-refractivity contribution in [2.45, 2.75) is 52.2 Å². The van der Waals surface area contributed by atoms with E-state index in [4.69, 9.17) is 5.73 Å². The van der Waals surface area contributed by atoms with Crippen LogP contribution in [0, 0.1) is 13.8 Å². The Hall–Kier alpha value is -1.88. The van der Waals surface area contributed by atoms with Gasteiger partial charge in [0.1, 0.15) is 5.82 Å². The number of aromatic nitrogens is 3. The summed E-state index contributed by atoms with van der Waals surface area (Å²) in [4.78, 5) is 12.3. The van der Waals surface area contributed by atoms with E-state index in [1.54, 1.807) is 4.57 Å². The van der Waals surface area contributed by atoms with Crippen LogP contribution in [0.25, 0.3) is 0 Å². The lowest BCUT2D eigenvalue weighted by Crippen LogP contribution is -2.30. The molecule has 0 aliphatic carbocycles. The number of benzene rings is 1. The molecule has 3 rings (SSSR count). The summed E-state index contributed by atoms with van der Waals surface area (Å²) in [5.41, 5.74) is 9.72. The fourth-order valence-corrected chi connectivity index (χ4v) is 3.01. The van der Waals surface area contributed by atoms with Crippen LogP contribution in [0.1, 0.15) is 41.4 Å². The summed E-state index contributed by atoms with van der Waals surface area (Å²) >= 11 is 0. The van der Waals surface area contributed by atoms with E-state index < -0.39 is 0 Å².